The third kappa shape index (κ3) is 4.02. The summed E-state index contributed by atoms with van der Waals surface area (Å²) in [5, 5.41) is 7.73. The average molecular weight is 361 g/mol. The van der Waals surface area contributed by atoms with Crippen LogP contribution in [0.1, 0.15) is 11.5 Å². The maximum atomic E-state index is 5.17. The van der Waals surface area contributed by atoms with Crippen molar-refractivity contribution >= 4 is 5.96 Å². The Bertz CT molecular complexity index is 615. The molecule has 4 fully saturated rings. The van der Waals surface area contributed by atoms with E-state index in [9.17, 15) is 0 Å². The van der Waals surface area contributed by atoms with Crippen molar-refractivity contribution in [3.8, 4) is 0 Å². The number of aromatic nitrogens is 1. The van der Waals surface area contributed by atoms with Crippen LogP contribution in [-0.4, -0.2) is 109 Å². The van der Waals surface area contributed by atoms with Gasteiger partial charge in [0.15, 0.2) is 5.96 Å². The number of nitrogens with zero attached hydrogens (tertiary/aromatic N) is 6. The molecule has 0 aliphatic carbocycles. The van der Waals surface area contributed by atoms with Crippen LogP contribution in [0.3, 0.4) is 0 Å². The molecule has 4 saturated heterocycles. The highest BCUT2D eigenvalue weighted by atomic mass is 16.5. The monoisotopic (exact) mass is 361 g/mol. The van der Waals surface area contributed by atoms with Gasteiger partial charge in [-0.3, -0.25) is 19.7 Å². The maximum Gasteiger partial charge on any atom is 0.193 e. The lowest BCUT2D eigenvalue weighted by atomic mass is 10.1. The molecule has 0 aromatic carbocycles. The Morgan fingerprint density at radius 1 is 1.19 bits per heavy atom. The van der Waals surface area contributed by atoms with E-state index in [1.807, 2.05) is 20.0 Å². The van der Waals surface area contributed by atoms with Gasteiger partial charge in [0.2, 0.25) is 0 Å². The summed E-state index contributed by atoms with van der Waals surface area (Å²) in [7, 11) is 1.89. The molecule has 1 aromatic rings. The first-order chi connectivity index (χ1) is 12.7. The normalized spacial score (nSPS) is 30.0. The number of hydrogen-bond acceptors (Lipinski definition) is 6. The summed E-state index contributed by atoms with van der Waals surface area (Å²) in [6.45, 7) is 13.9. The highest BCUT2D eigenvalue weighted by Gasteiger charge is 2.32. The molecule has 1 aromatic heterocycles. The van der Waals surface area contributed by atoms with Gasteiger partial charge in [0.25, 0.3) is 0 Å². The molecular formula is C18H31N7O. The first kappa shape index (κ1) is 17.8. The predicted molar refractivity (Wildman–Crippen MR) is 101 cm³/mol. The minimum Gasteiger partial charge on any atom is -0.361 e. The second-order valence-electron chi connectivity index (χ2n) is 7.61. The fraction of sp³-hybridized carbons (Fsp3) is 0.778. The van der Waals surface area contributed by atoms with Crippen LogP contribution in [0.4, 0.5) is 0 Å². The van der Waals surface area contributed by atoms with E-state index in [0.29, 0.717) is 6.04 Å². The summed E-state index contributed by atoms with van der Waals surface area (Å²) < 4.78 is 5.17. The van der Waals surface area contributed by atoms with E-state index in [2.05, 4.69) is 35.1 Å². The fourth-order valence-corrected chi connectivity index (χ4v) is 4.30. The molecule has 1 unspecified atom stereocenters. The molecule has 8 heteroatoms. The zero-order valence-corrected chi connectivity index (χ0v) is 16.0. The van der Waals surface area contributed by atoms with E-state index in [-0.39, 0.29) is 0 Å². The molecule has 1 atom stereocenters. The fourth-order valence-electron chi connectivity index (χ4n) is 4.30. The second-order valence-corrected chi connectivity index (χ2v) is 7.61. The predicted octanol–water partition coefficient (Wildman–Crippen LogP) is -0.324. The highest BCUT2D eigenvalue weighted by Crippen LogP contribution is 2.15. The molecule has 2 bridgehead atoms. The van der Waals surface area contributed by atoms with Gasteiger partial charge in [-0.1, -0.05) is 5.16 Å². The summed E-state index contributed by atoms with van der Waals surface area (Å²) in [6, 6.07) is 2.64. The number of hydrogen-bond donors (Lipinski definition) is 1. The molecule has 0 amide bonds. The summed E-state index contributed by atoms with van der Waals surface area (Å²) in [6.07, 6.45) is 0. The van der Waals surface area contributed by atoms with Gasteiger partial charge < -0.3 is 14.7 Å². The molecule has 5 rings (SSSR count). The number of rotatable bonds is 4. The summed E-state index contributed by atoms with van der Waals surface area (Å²) in [5.41, 5.74) is 1.02. The number of nitrogens with one attached hydrogen (secondary N) is 1. The Morgan fingerprint density at radius 2 is 1.96 bits per heavy atom. The minimum absolute atomic E-state index is 0.617. The number of aliphatic imine (C=N–C) groups is 1. The molecule has 0 radical (unpaired) electrons. The van der Waals surface area contributed by atoms with Gasteiger partial charge in [-0.05, 0) is 6.92 Å². The Kier molecular flexibility index (Phi) is 5.42. The van der Waals surface area contributed by atoms with Gasteiger partial charge >= 0.3 is 0 Å². The van der Waals surface area contributed by atoms with Crippen LogP contribution in [0, 0.1) is 6.92 Å². The Balaban J connectivity index is 1.23. The molecule has 4 aliphatic heterocycles. The van der Waals surface area contributed by atoms with Crippen molar-refractivity contribution in [3.05, 3.63) is 17.5 Å². The van der Waals surface area contributed by atoms with Crippen LogP contribution in [-0.2, 0) is 6.54 Å². The van der Waals surface area contributed by atoms with Gasteiger partial charge in [-0.15, -0.1) is 0 Å². The summed E-state index contributed by atoms with van der Waals surface area (Å²) in [4.78, 5) is 14.5. The van der Waals surface area contributed by atoms with Gasteiger partial charge in [-0.25, -0.2) is 0 Å². The quantitative estimate of drug-likeness (QED) is 0.582. The van der Waals surface area contributed by atoms with E-state index < -0.39 is 0 Å². The highest BCUT2D eigenvalue weighted by molar-refractivity contribution is 5.80. The number of aryl methyl sites for hydroxylation is 1. The smallest absolute Gasteiger partial charge is 0.193 e. The van der Waals surface area contributed by atoms with Crippen LogP contribution in [0.2, 0.25) is 0 Å². The third-order valence-electron chi connectivity index (χ3n) is 5.83. The first-order valence-electron chi connectivity index (χ1n) is 9.78. The van der Waals surface area contributed by atoms with Crippen LogP contribution in [0.5, 0.6) is 0 Å². The Labute approximate surface area is 155 Å². The number of piperazine rings is 4. The largest absolute Gasteiger partial charge is 0.361 e. The van der Waals surface area contributed by atoms with E-state index in [1.54, 1.807) is 0 Å². The van der Waals surface area contributed by atoms with Crippen LogP contribution in [0.25, 0.3) is 0 Å². The Hall–Kier alpha value is -1.64. The van der Waals surface area contributed by atoms with Gasteiger partial charge in [0.1, 0.15) is 5.76 Å². The topological polar surface area (TPSA) is 63.4 Å². The molecule has 0 saturated carbocycles. The number of fused-ring (bicyclic) bond motifs is 3. The maximum absolute atomic E-state index is 5.17. The summed E-state index contributed by atoms with van der Waals surface area (Å²) >= 11 is 0. The Morgan fingerprint density at radius 3 is 2.54 bits per heavy atom. The third-order valence-corrected chi connectivity index (χ3v) is 5.83. The van der Waals surface area contributed by atoms with Crippen molar-refractivity contribution in [3.63, 3.8) is 0 Å². The van der Waals surface area contributed by atoms with Crippen molar-refractivity contribution in [1.29, 1.82) is 0 Å². The molecule has 26 heavy (non-hydrogen) atoms. The molecule has 144 valence electrons. The van der Waals surface area contributed by atoms with Gasteiger partial charge in [0.05, 0.1) is 5.69 Å². The van der Waals surface area contributed by atoms with Crippen LogP contribution >= 0.6 is 0 Å². The molecular weight excluding hydrogens is 330 g/mol. The van der Waals surface area contributed by atoms with E-state index in [1.165, 1.54) is 32.7 Å². The van der Waals surface area contributed by atoms with Crippen molar-refractivity contribution < 1.29 is 4.52 Å². The summed E-state index contributed by atoms with van der Waals surface area (Å²) in [5.74, 6) is 1.92. The van der Waals surface area contributed by atoms with Crippen molar-refractivity contribution in [2.45, 2.75) is 19.5 Å². The molecule has 1 N–H and O–H groups in total. The average Bonchev–Trinajstić information content (AvgIpc) is 3.09. The SMILES string of the molecule is CN=C(NCC1CN2CCN1CC2)N1CCN(Cc2cc(C)on2)CC1. The van der Waals surface area contributed by atoms with Crippen LogP contribution < -0.4 is 5.32 Å². The molecule has 0 spiro atoms. The van der Waals surface area contributed by atoms with Crippen molar-refractivity contribution in [1.82, 2.24) is 30.1 Å². The van der Waals surface area contributed by atoms with E-state index in [4.69, 9.17) is 4.52 Å². The van der Waals surface area contributed by atoms with Crippen molar-refractivity contribution in [2.24, 2.45) is 4.99 Å². The van der Waals surface area contributed by atoms with Gasteiger partial charge in [0, 0.05) is 91.1 Å². The molecule has 4 aliphatic rings. The number of guanidine groups is 1. The zero-order valence-electron chi connectivity index (χ0n) is 16.0. The second kappa shape index (κ2) is 7.94. The van der Waals surface area contributed by atoms with Crippen molar-refractivity contribution in [2.75, 3.05) is 72.5 Å². The van der Waals surface area contributed by atoms with E-state index in [0.717, 1.165) is 56.7 Å². The van der Waals surface area contributed by atoms with E-state index >= 15 is 0 Å². The lowest BCUT2D eigenvalue weighted by Crippen LogP contribution is -2.64. The molecule has 8 nitrogen and oxygen atoms in total. The lowest BCUT2D eigenvalue weighted by molar-refractivity contribution is 0.0151. The molecule has 5 heterocycles. The van der Waals surface area contributed by atoms with Gasteiger partial charge in [-0.2, -0.15) is 0 Å². The minimum atomic E-state index is 0.617. The van der Waals surface area contributed by atoms with Crippen LogP contribution in [0.15, 0.2) is 15.6 Å². The standard InChI is InChI=1S/C18H31N7O/c1-15-11-16(21-26-15)13-22-5-9-25(10-6-22)18(19-2)20-12-17-14-23-3-7-24(17)8-4-23/h11,17H,3-10,12-14H2,1-2H3,(H,19,20). The first-order valence-corrected chi connectivity index (χ1v) is 9.78. The zero-order chi connectivity index (χ0) is 17.9. The lowest BCUT2D eigenvalue weighted by Gasteiger charge is -2.47.